The minimum Gasteiger partial charge on any atom is -0.493 e. The molecule has 34 heavy (non-hydrogen) atoms. The second-order valence-corrected chi connectivity index (χ2v) is 8.53. The number of nitrogens with one attached hydrogen (secondary N) is 2. The van der Waals surface area contributed by atoms with E-state index < -0.39 is 5.91 Å². The van der Waals surface area contributed by atoms with Crippen LogP contribution in [0.4, 0.5) is 16.5 Å². The number of rotatable bonds is 10. The van der Waals surface area contributed by atoms with E-state index in [1.807, 2.05) is 29.6 Å². The Kier molecular flexibility index (Phi) is 7.12. The van der Waals surface area contributed by atoms with Gasteiger partial charge in [-0.25, -0.2) is 4.98 Å². The van der Waals surface area contributed by atoms with Crippen molar-refractivity contribution in [2.45, 2.75) is 26.3 Å². The van der Waals surface area contributed by atoms with E-state index in [9.17, 15) is 4.79 Å². The number of hydrogen-bond acceptors (Lipinski definition) is 8. The second-order valence-electron chi connectivity index (χ2n) is 7.64. The molecule has 8 nitrogen and oxygen atoms in total. The van der Waals surface area contributed by atoms with Gasteiger partial charge in [0.25, 0.3) is 0 Å². The Morgan fingerprint density at radius 2 is 1.91 bits per heavy atom. The first-order chi connectivity index (χ1) is 16.5. The fourth-order valence-corrected chi connectivity index (χ4v) is 4.51. The van der Waals surface area contributed by atoms with E-state index in [-0.39, 0.29) is 6.42 Å². The molecule has 1 amide bonds. The van der Waals surface area contributed by atoms with Gasteiger partial charge in [0.15, 0.2) is 16.6 Å². The van der Waals surface area contributed by atoms with Gasteiger partial charge in [0.2, 0.25) is 5.91 Å². The number of nitrogens with two attached hydrogens (primary N) is 1. The molecule has 0 unspecified atom stereocenters. The third-order valence-electron chi connectivity index (χ3n) is 5.57. The zero-order valence-corrected chi connectivity index (χ0v) is 20.2. The average molecular weight is 478 g/mol. The molecule has 0 atom stereocenters. The maximum Gasteiger partial charge on any atom is 0.221 e. The molecule has 2 aromatic carbocycles. The molecule has 0 spiro atoms. The van der Waals surface area contributed by atoms with E-state index in [4.69, 9.17) is 15.2 Å². The van der Waals surface area contributed by atoms with Crippen molar-refractivity contribution >= 4 is 44.7 Å². The first-order valence-corrected chi connectivity index (χ1v) is 11.7. The highest BCUT2D eigenvalue weighted by molar-refractivity contribution is 7.13. The van der Waals surface area contributed by atoms with Crippen molar-refractivity contribution in [2.75, 3.05) is 24.9 Å². The highest BCUT2D eigenvalue weighted by atomic mass is 32.1. The Hall–Kier alpha value is -3.85. The number of benzene rings is 2. The smallest absolute Gasteiger partial charge is 0.221 e. The summed E-state index contributed by atoms with van der Waals surface area (Å²) in [5.74, 6) is 0.732. The van der Waals surface area contributed by atoms with E-state index in [1.165, 1.54) is 5.56 Å². The quantitative estimate of drug-likeness (QED) is 0.305. The van der Waals surface area contributed by atoms with Crippen molar-refractivity contribution in [2.24, 2.45) is 5.73 Å². The maximum atomic E-state index is 11.8. The van der Waals surface area contributed by atoms with Gasteiger partial charge in [0.05, 0.1) is 31.8 Å². The van der Waals surface area contributed by atoms with Crippen molar-refractivity contribution in [1.29, 1.82) is 0 Å². The van der Waals surface area contributed by atoms with Crippen LogP contribution in [0.15, 0.2) is 48.1 Å². The van der Waals surface area contributed by atoms with Crippen LogP contribution < -0.4 is 25.8 Å². The van der Waals surface area contributed by atoms with Gasteiger partial charge >= 0.3 is 0 Å². The van der Waals surface area contributed by atoms with Gasteiger partial charge in [-0.3, -0.25) is 9.78 Å². The average Bonchev–Trinajstić information content (AvgIpc) is 3.36. The lowest BCUT2D eigenvalue weighted by molar-refractivity contribution is -0.117. The minimum atomic E-state index is -0.429. The van der Waals surface area contributed by atoms with Gasteiger partial charge in [0.1, 0.15) is 0 Å². The van der Waals surface area contributed by atoms with Crippen molar-refractivity contribution in [3.05, 3.63) is 64.8 Å². The third kappa shape index (κ3) is 4.89. The van der Waals surface area contributed by atoms with E-state index in [0.29, 0.717) is 29.1 Å². The van der Waals surface area contributed by atoms with Gasteiger partial charge in [0, 0.05) is 47.0 Å². The Morgan fingerprint density at radius 3 is 2.59 bits per heavy atom. The Bertz CT molecular complexity index is 1310. The van der Waals surface area contributed by atoms with E-state index >= 15 is 0 Å². The number of nitrogens with zero attached hydrogens (tertiary/aromatic N) is 2. The molecule has 2 aromatic heterocycles. The largest absolute Gasteiger partial charge is 0.493 e. The summed E-state index contributed by atoms with van der Waals surface area (Å²) in [6, 6.07) is 9.84. The predicted octanol–water partition coefficient (Wildman–Crippen LogP) is 4.65. The Morgan fingerprint density at radius 1 is 1.12 bits per heavy atom. The summed E-state index contributed by atoms with van der Waals surface area (Å²) in [5, 5.41) is 10.6. The molecule has 4 N–H and O–H groups in total. The van der Waals surface area contributed by atoms with Crippen LogP contribution in [0.25, 0.3) is 10.9 Å². The molecule has 0 aliphatic rings. The summed E-state index contributed by atoms with van der Waals surface area (Å²) >= 11 is 1.57. The number of pyridine rings is 1. The highest BCUT2D eigenvalue weighted by Gasteiger charge is 2.17. The van der Waals surface area contributed by atoms with Crippen LogP contribution in [0, 0.1) is 0 Å². The number of methoxy groups -OCH3 is 2. The molecule has 0 aliphatic heterocycles. The Labute approximate surface area is 202 Å². The number of thiazole rings is 1. The number of primary amides is 1. The maximum absolute atomic E-state index is 11.8. The lowest BCUT2D eigenvalue weighted by Crippen LogP contribution is -2.15. The fourth-order valence-electron chi connectivity index (χ4n) is 3.98. The van der Waals surface area contributed by atoms with Gasteiger partial charge < -0.3 is 25.8 Å². The minimum absolute atomic E-state index is 0.0619. The van der Waals surface area contributed by atoms with Crippen molar-refractivity contribution in [3.63, 3.8) is 0 Å². The van der Waals surface area contributed by atoms with Crippen LogP contribution >= 0.6 is 11.3 Å². The molecule has 0 bridgehead atoms. The molecule has 0 saturated heterocycles. The normalized spacial score (nSPS) is 10.8. The highest BCUT2D eigenvalue weighted by Crippen LogP contribution is 2.38. The molecule has 9 heteroatoms. The van der Waals surface area contributed by atoms with Crippen LogP contribution in [0.5, 0.6) is 11.5 Å². The van der Waals surface area contributed by atoms with Gasteiger partial charge in [-0.2, -0.15) is 0 Å². The number of carbonyl (C=O) groups excluding carboxylic acids is 1. The molecule has 0 saturated carbocycles. The summed E-state index contributed by atoms with van der Waals surface area (Å²) in [4.78, 5) is 20.7. The zero-order chi connectivity index (χ0) is 24.1. The fraction of sp³-hybridized carbons (Fsp3) is 0.240. The van der Waals surface area contributed by atoms with E-state index in [1.54, 1.807) is 38.0 Å². The summed E-state index contributed by atoms with van der Waals surface area (Å²) in [6.07, 6.45) is 4.35. The van der Waals surface area contributed by atoms with Crippen LogP contribution in [0.1, 0.15) is 23.6 Å². The number of carbonyl (C=O) groups is 1. The van der Waals surface area contributed by atoms with Crippen LogP contribution in [-0.4, -0.2) is 30.1 Å². The monoisotopic (exact) mass is 477 g/mol. The Balaban J connectivity index is 1.79. The van der Waals surface area contributed by atoms with Crippen molar-refractivity contribution < 1.29 is 14.3 Å². The van der Waals surface area contributed by atoms with E-state index in [2.05, 4.69) is 33.6 Å². The number of anilines is 3. The molecule has 0 radical (unpaired) electrons. The lowest BCUT2D eigenvalue weighted by atomic mass is 10.0. The zero-order valence-electron chi connectivity index (χ0n) is 19.3. The summed E-state index contributed by atoms with van der Waals surface area (Å²) in [7, 11) is 3.18. The summed E-state index contributed by atoms with van der Waals surface area (Å²) in [5.41, 5.74) is 11.0. The molecule has 4 rings (SSSR count). The molecular formula is C25H27N5O3S. The lowest BCUT2D eigenvalue weighted by Gasteiger charge is -2.19. The van der Waals surface area contributed by atoms with Gasteiger partial charge in [-0.05, 0) is 29.7 Å². The van der Waals surface area contributed by atoms with Crippen LogP contribution in [-0.2, 0) is 24.2 Å². The van der Waals surface area contributed by atoms with Gasteiger partial charge in [-0.1, -0.05) is 19.1 Å². The standard InChI is InChI=1S/C25H27N5O3S/c1-4-17-15(13-29-25-27-8-9-34-25)6-5-7-19(17)30-24-16(10-23(26)31)14-28-20-12-22(33-3)21(32-2)11-18(20)24/h5-9,11-12,14H,4,10,13H2,1-3H3,(H2,26,31)(H,27,29)(H,28,30). The number of ether oxygens (including phenoxy) is 2. The van der Waals surface area contributed by atoms with Crippen molar-refractivity contribution in [3.8, 4) is 11.5 Å². The molecule has 2 heterocycles. The van der Waals surface area contributed by atoms with Gasteiger partial charge in [-0.15, -0.1) is 11.3 Å². The SMILES string of the molecule is CCc1c(CNc2nccs2)cccc1Nc1c(CC(N)=O)cnc2cc(OC)c(OC)cc12. The molecule has 4 aromatic rings. The van der Waals surface area contributed by atoms with Crippen LogP contribution in [0.3, 0.4) is 0 Å². The number of amides is 1. The summed E-state index contributed by atoms with van der Waals surface area (Å²) in [6.45, 7) is 2.78. The third-order valence-corrected chi connectivity index (χ3v) is 6.30. The molecule has 176 valence electrons. The molecular weight excluding hydrogens is 450 g/mol. The predicted molar refractivity (Wildman–Crippen MR) is 136 cm³/mol. The first kappa shape index (κ1) is 23.3. The molecule has 0 aliphatic carbocycles. The second kappa shape index (κ2) is 10.4. The van der Waals surface area contributed by atoms with Crippen LogP contribution in [0.2, 0.25) is 0 Å². The number of aromatic nitrogens is 2. The van der Waals surface area contributed by atoms with Crippen molar-refractivity contribution in [1.82, 2.24) is 9.97 Å². The number of hydrogen-bond donors (Lipinski definition) is 3. The summed E-state index contributed by atoms with van der Waals surface area (Å²) < 4.78 is 11.0. The molecule has 0 fully saturated rings. The topological polar surface area (TPSA) is 111 Å². The first-order valence-electron chi connectivity index (χ1n) is 10.9. The van der Waals surface area contributed by atoms with E-state index in [0.717, 1.165) is 33.9 Å². The number of fused-ring (bicyclic) bond motifs is 1.